The van der Waals surface area contributed by atoms with E-state index in [0.29, 0.717) is 28.6 Å². The lowest BCUT2D eigenvalue weighted by Crippen LogP contribution is -2.26. The number of benzene rings is 1. The van der Waals surface area contributed by atoms with Gasteiger partial charge in [0.25, 0.3) is 5.92 Å². The number of methoxy groups -OCH3 is 2. The van der Waals surface area contributed by atoms with Gasteiger partial charge < -0.3 is 19.5 Å². The standard InChI is InChI=1S/C21H19Cl2F2N3O2.C2H6O/c1-11-6-13-12(9-26-11)7-14(27-20(13)28-5-4-21(24,25)10-28)17-18(22)15(29-2)8-16(30-3)19(17)23;1-2-3/h6-9H,4-5,10H2,1-3H3;3H,2H2,1H3. The van der Waals surface area contributed by atoms with Crippen molar-refractivity contribution < 1.29 is 23.4 Å². The predicted molar refractivity (Wildman–Crippen MR) is 127 cm³/mol. The first kappa shape index (κ1) is 25.2. The van der Waals surface area contributed by atoms with E-state index >= 15 is 0 Å². The van der Waals surface area contributed by atoms with Crippen molar-refractivity contribution in [1.82, 2.24) is 9.97 Å². The Labute approximate surface area is 201 Å². The zero-order chi connectivity index (χ0) is 24.3. The van der Waals surface area contributed by atoms with Gasteiger partial charge in [0.15, 0.2) is 0 Å². The fourth-order valence-corrected chi connectivity index (χ4v) is 4.32. The second kappa shape index (κ2) is 10.2. The van der Waals surface area contributed by atoms with Crippen LogP contribution in [0.1, 0.15) is 19.0 Å². The quantitative estimate of drug-likeness (QED) is 0.491. The zero-order valence-corrected chi connectivity index (χ0v) is 20.3. The molecule has 33 heavy (non-hydrogen) atoms. The maximum absolute atomic E-state index is 14.0. The fourth-order valence-electron chi connectivity index (χ4n) is 3.63. The van der Waals surface area contributed by atoms with Crippen LogP contribution < -0.4 is 14.4 Å². The average Bonchev–Trinajstić information content (AvgIpc) is 3.13. The molecule has 3 aromatic rings. The van der Waals surface area contributed by atoms with Crippen molar-refractivity contribution in [2.45, 2.75) is 26.2 Å². The molecule has 178 valence electrons. The minimum absolute atomic E-state index is 0.197. The minimum Gasteiger partial charge on any atom is -0.495 e. The molecule has 6 nitrogen and oxygen atoms in total. The second-order valence-electron chi connectivity index (χ2n) is 7.51. The summed E-state index contributed by atoms with van der Waals surface area (Å²) in [7, 11) is 2.97. The van der Waals surface area contributed by atoms with Gasteiger partial charge in [0.2, 0.25) is 0 Å². The molecule has 0 aliphatic carbocycles. The lowest BCUT2D eigenvalue weighted by molar-refractivity contribution is 0.0257. The van der Waals surface area contributed by atoms with Crippen LogP contribution >= 0.6 is 23.2 Å². The molecule has 1 N–H and O–H groups in total. The van der Waals surface area contributed by atoms with Crippen LogP contribution in [0.5, 0.6) is 11.5 Å². The van der Waals surface area contributed by atoms with E-state index in [2.05, 4.69) is 4.98 Å². The number of nitrogens with zero attached hydrogens (tertiary/aromatic N) is 3. The molecule has 3 heterocycles. The summed E-state index contributed by atoms with van der Waals surface area (Å²) in [4.78, 5) is 10.6. The molecule has 1 fully saturated rings. The number of alkyl halides is 2. The smallest absolute Gasteiger partial charge is 0.266 e. The molecule has 0 unspecified atom stereocenters. The largest absolute Gasteiger partial charge is 0.495 e. The summed E-state index contributed by atoms with van der Waals surface area (Å²) in [5.41, 5.74) is 1.60. The number of ether oxygens (including phenoxy) is 2. The number of fused-ring (bicyclic) bond motifs is 1. The van der Waals surface area contributed by atoms with Crippen LogP contribution in [0, 0.1) is 6.92 Å². The maximum Gasteiger partial charge on any atom is 0.266 e. The van der Waals surface area contributed by atoms with E-state index in [1.54, 1.807) is 30.2 Å². The van der Waals surface area contributed by atoms with Crippen LogP contribution in [0.15, 0.2) is 24.4 Å². The van der Waals surface area contributed by atoms with Gasteiger partial charge in [-0.1, -0.05) is 23.2 Å². The van der Waals surface area contributed by atoms with Gasteiger partial charge in [0.05, 0.1) is 36.5 Å². The van der Waals surface area contributed by atoms with Gasteiger partial charge in [0.1, 0.15) is 17.3 Å². The number of halogens is 4. The number of aliphatic hydroxyl groups is 1. The number of anilines is 1. The monoisotopic (exact) mass is 499 g/mol. The van der Waals surface area contributed by atoms with Gasteiger partial charge in [-0.3, -0.25) is 4.98 Å². The van der Waals surface area contributed by atoms with Crippen LogP contribution in [0.25, 0.3) is 22.0 Å². The Morgan fingerprint density at radius 3 is 2.24 bits per heavy atom. The molecule has 2 aromatic heterocycles. The molecule has 0 saturated carbocycles. The van der Waals surface area contributed by atoms with Gasteiger partial charge in [-0.25, -0.2) is 13.8 Å². The molecule has 0 spiro atoms. The normalized spacial score (nSPS) is 14.8. The third kappa shape index (κ3) is 5.23. The summed E-state index contributed by atoms with van der Waals surface area (Å²) in [5, 5.41) is 9.57. The van der Waals surface area contributed by atoms with Crippen molar-refractivity contribution in [2.24, 2.45) is 0 Å². The number of aliphatic hydroxyl groups excluding tert-OH is 1. The Morgan fingerprint density at radius 2 is 1.73 bits per heavy atom. The highest BCUT2D eigenvalue weighted by Gasteiger charge is 2.39. The van der Waals surface area contributed by atoms with Crippen molar-refractivity contribution in [2.75, 3.05) is 38.8 Å². The predicted octanol–water partition coefficient (Wildman–Crippen LogP) is 5.77. The molecule has 0 atom stereocenters. The first-order chi connectivity index (χ1) is 15.6. The number of aryl methyl sites for hydroxylation is 1. The summed E-state index contributed by atoms with van der Waals surface area (Å²) in [6, 6.07) is 5.21. The fraction of sp³-hybridized carbons (Fsp3) is 0.391. The van der Waals surface area contributed by atoms with Gasteiger partial charge in [-0.2, -0.15) is 0 Å². The molecule has 1 saturated heterocycles. The lowest BCUT2D eigenvalue weighted by atomic mass is 10.1. The first-order valence-corrected chi connectivity index (χ1v) is 11.0. The summed E-state index contributed by atoms with van der Waals surface area (Å²) in [6.07, 6.45) is 1.46. The van der Waals surface area contributed by atoms with Crippen LogP contribution in [-0.4, -0.2) is 54.9 Å². The Kier molecular flexibility index (Phi) is 7.82. The molecule has 0 bridgehead atoms. The number of pyridine rings is 2. The van der Waals surface area contributed by atoms with Crippen LogP contribution in [0.2, 0.25) is 10.0 Å². The Morgan fingerprint density at radius 1 is 1.12 bits per heavy atom. The van der Waals surface area contributed by atoms with E-state index in [1.165, 1.54) is 14.2 Å². The van der Waals surface area contributed by atoms with Crippen LogP contribution in [0.3, 0.4) is 0 Å². The molecule has 1 aromatic carbocycles. The maximum atomic E-state index is 14.0. The Balaban J connectivity index is 0.000000968. The highest BCUT2D eigenvalue weighted by atomic mass is 35.5. The van der Waals surface area contributed by atoms with E-state index in [0.717, 1.165) is 16.5 Å². The molecular formula is C23H25Cl2F2N3O3. The molecule has 1 aliphatic heterocycles. The highest BCUT2D eigenvalue weighted by molar-refractivity contribution is 6.41. The number of hydrogen-bond donors (Lipinski definition) is 1. The average molecular weight is 500 g/mol. The van der Waals surface area contributed by atoms with Crippen molar-refractivity contribution in [3.63, 3.8) is 0 Å². The molecule has 0 radical (unpaired) electrons. The number of hydrogen-bond acceptors (Lipinski definition) is 6. The van der Waals surface area contributed by atoms with Crippen LogP contribution in [-0.2, 0) is 0 Å². The third-order valence-corrected chi connectivity index (χ3v) is 5.88. The minimum atomic E-state index is -2.76. The molecule has 4 rings (SSSR count). The zero-order valence-electron chi connectivity index (χ0n) is 18.8. The number of rotatable bonds is 4. The second-order valence-corrected chi connectivity index (χ2v) is 8.26. The lowest BCUT2D eigenvalue weighted by Gasteiger charge is -2.21. The van der Waals surface area contributed by atoms with Crippen molar-refractivity contribution in [3.05, 3.63) is 40.1 Å². The summed E-state index contributed by atoms with van der Waals surface area (Å²) in [5.74, 6) is -1.59. The summed E-state index contributed by atoms with van der Waals surface area (Å²) >= 11 is 13.1. The highest BCUT2D eigenvalue weighted by Crippen LogP contribution is 2.46. The van der Waals surface area contributed by atoms with Gasteiger partial charge >= 0.3 is 0 Å². The molecule has 0 amide bonds. The van der Waals surface area contributed by atoms with E-state index in [4.69, 9.17) is 42.8 Å². The van der Waals surface area contributed by atoms with Gasteiger partial charge in [-0.05, 0) is 26.0 Å². The van der Waals surface area contributed by atoms with E-state index in [9.17, 15) is 8.78 Å². The Hall–Kier alpha value is -2.42. The summed E-state index contributed by atoms with van der Waals surface area (Å²) in [6.45, 7) is 3.57. The van der Waals surface area contributed by atoms with Gasteiger partial charge in [-0.15, -0.1) is 0 Å². The van der Waals surface area contributed by atoms with E-state index in [1.807, 2.05) is 13.0 Å². The van der Waals surface area contributed by atoms with E-state index < -0.39 is 12.5 Å². The molecule has 10 heteroatoms. The third-order valence-electron chi connectivity index (χ3n) is 5.13. The first-order valence-electron chi connectivity index (χ1n) is 10.3. The number of aromatic nitrogens is 2. The molecular weight excluding hydrogens is 475 g/mol. The Bertz CT molecular complexity index is 1130. The van der Waals surface area contributed by atoms with Crippen molar-refractivity contribution in [1.29, 1.82) is 0 Å². The topological polar surface area (TPSA) is 67.7 Å². The van der Waals surface area contributed by atoms with Crippen molar-refractivity contribution >= 4 is 39.8 Å². The molecule has 1 aliphatic rings. The van der Waals surface area contributed by atoms with Gasteiger partial charge in [0, 0.05) is 53.9 Å². The van der Waals surface area contributed by atoms with Crippen molar-refractivity contribution in [3.8, 4) is 22.8 Å². The SMILES string of the molecule is CCO.COc1cc(OC)c(Cl)c(-c2cc3cnc(C)cc3c(N3CCC(F)(F)C3)n2)c1Cl. The van der Waals surface area contributed by atoms with E-state index in [-0.39, 0.29) is 29.6 Å². The summed E-state index contributed by atoms with van der Waals surface area (Å²) < 4.78 is 38.6. The van der Waals surface area contributed by atoms with Crippen LogP contribution in [0.4, 0.5) is 14.6 Å².